The number of hydrogen-bond acceptors (Lipinski definition) is 3. The van der Waals surface area contributed by atoms with Crippen LogP contribution in [0.1, 0.15) is 30.9 Å². The number of anilines is 1. The molecule has 2 N–H and O–H groups in total. The van der Waals surface area contributed by atoms with Gasteiger partial charge < -0.3 is 15.4 Å². The lowest BCUT2D eigenvalue weighted by molar-refractivity contribution is -0.136. The van der Waals surface area contributed by atoms with Crippen LogP contribution >= 0.6 is 0 Å². The van der Waals surface area contributed by atoms with Crippen molar-refractivity contribution in [3.05, 3.63) is 59.7 Å². The van der Waals surface area contributed by atoms with Crippen molar-refractivity contribution in [3.8, 4) is 5.75 Å². The van der Waals surface area contributed by atoms with Crippen molar-refractivity contribution in [1.29, 1.82) is 0 Å². The number of hydrogen-bond donors (Lipinski definition) is 2. The van der Waals surface area contributed by atoms with Crippen molar-refractivity contribution in [2.24, 2.45) is 0 Å². The molecule has 0 bridgehead atoms. The third kappa shape index (κ3) is 6.30. The van der Waals surface area contributed by atoms with E-state index in [0.29, 0.717) is 18.8 Å². The minimum atomic E-state index is -0.688. The Bertz CT molecular complexity index is 711. The Kier molecular flexibility index (Phi) is 7.01. The predicted octanol–water partition coefficient (Wildman–Crippen LogP) is 3.43. The molecule has 0 saturated carbocycles. The molecular weight excluding hydrogens is 316 g/mol. The van der Waals surface area contributed by atoms with Gasteiger partial charge in [-0.05, 0) is 43.2 Å². The first-order valence-electron chi connectivity index (χ1n) is 8.46. The SMILES string of the molecule is CCCCOc1ccc(NC(=O)C(=O)NCc2cccc(C)c2)cc1. The van der Waals surface area contributed by atoms with Crippen LogP contribution in [0.4, 0.5) is 5.69 Å². The fourth-order valence-electron chi connectivity index (χ4n) is 2.24. The molecule has 0 unspecified atom stereocenters. The molecule has 0 fully saturated rings. The van der Waals surface area contributed by atoms with Gasteiger partial charge in [0.1, 0.15) is 5.75 Å². The van der Waals surface area contributed by atoms with Crippen LogP contribution in [-0.4, -0.2) is 18.4 Å². The number of rotatable bonds is 7. The van der Waals surface area contributed by atoms with Crippen LogP contribution in [0.2, 0.25) is 0 Å². The second-order valence-corrected chi connectivity index (χ2v) is 5.85. The molecule has 5 heteroatoms. The number of aryl methyl sites for hydroxylation is 1. The highest BCUT2D eigenvalue weighted by molar-refractivity contribution is 6.39. The molecule has 2 aromatic rings. The van der Waals surface area contributed by atoms with Gasteiger partial charge in [-0.25, -0.2) is 0 Å². The molecule has 5 nitrogen and oxygen atoms in total. The Balaban J connectivity index is 1.81. The maximum Gasteiger partial charge on any atom is 0.313 e. The maximum absolute atomic E-state index is 11.9. The van der Waals surface area contributed by atoms with Gasteiger partial charge in [0.05, 0.1) is 6.61 Å². The van der Waals surface area contributed by atoms with E-state index in [4.69, 9.17) is 4.74 Å². The Morgan fingerprint density at radius 3 is 2.48 bits per heavy atom. The van der Waals surface area contributed by atoms with Crippen molar-refractivity contribution in [2.75, 3.05) is 11.9 Å². The molecule has 0 aliphatic rings. The number of ether oxygens (including phenoxy) is 1. The van der Waals surface area contributed by atoms with E-state index in [9.17, 15) is 9.59 Å². The first-order chi connectivity index (χ1) is 12.1. The Morgan fingerprint density at radius 1 is 1.04 bits per heavy atom. The summed E-state index contributed by atoms with van der Waals surface area (Å²) in [5.41, 5.74) is 2.62. The van der Waals surface area contributed by atoms with E-state index < -0.39 is 11.8 Å². The fraction of sp³-hybridized carbons (Fsp3) is 0.300. The number of carbonyl (C=O) groups excluding carboxylic acids is 2. The zero-order valence-electron chi connectivity index (χ0n) is 14.7. The average Bonchev–Trinajstić information content (AvgIpc) is 2.61. The van der Waals surface area contributed by atoms with Crippen molar-refractivity contribution >= 4 is 17.5 Å². The molecule has 0 saturated heterocycles. The average molecular weight is 340 g/mol. The molecular formula is C20H24N2O3. The van der Waals surface area contributed by atoms with Crippen molar-refractivity contribution in [3.63, 3.8) is 0 Å². The minimum Gasteiger partial charge on any atom is -0.494 e. The van der Waals surface area contributed by atoms with Crippen LogP contribution in [0, 0.1) is 6.92 Å². The smallest absolute Gasteiger partial charge is 0.313 e. The lowest BCUT2D eigenvalue weighted by atomic mass is 10.1. The summed E-state index contributed by atoms with van der Waals surface area (Å²) in [6, 6.07) is 14.7. The second-order valence-electron chi connectivity index (χ2n) is 5.85. The molecule has 0 aromatic heterocycles. The van der Waals surface area contributed by atoms with E-state index in [2.05, 4.69) is 17.6 Å². The Labute approximate surface area is 148 Å². The predicted molar refractivity (Wildman–Crippen MR) is 98.5 cm³/mol. The van der Waals surface area contributed by atoms with Gasteiger partial charge in [0.25, 0.3) is 0 Å². The highest BCUT2D eigenvalue weighted by Crippen LogP contribution is 2.16. The van der Waals surface area contributed by atoms with Crippen LogP contribution in [-0.2, 0) is 16.1 Å². The third-order valence-electron chi connectivity index (χ3n) is 3.62. The minimum absolute atomic E-state index is 0.318. The number of benzene rings is 2. The van der Waals surface area contributed by atoms with Gasteiger partial charge in [-0.15, -0.1) is 0 Å². The van der Waals surface area contributed by atoms with Gasteiger partial charge in [-0.1, -0.05) is 43.2 Å². The molecule has 25 heavy (non-hydrogen) atoms. The standard InChI is InChI=1S/C20H24N2O3/c1-3-4-12-25-18-10-8-17(9-11-18)22-20(24)19(23)21-14-16-7-5-6-15(2)13-16/h5-11,13H,3-4,12,14H2,1-2H3,(H,21,23)(H,22,24). The molecule has 132 valence electrons. The molecule has 2 aromatic carbocycles. The van der Waals surface area contributed by atoms with Crippen LogP contribution in [0.5, 0.6) is 5.75 Å². The lowest BCUT2D eigenvalue weighted by Gasteiger charge is -2.09. The zero-order valence-corrected chi connectivity index (χ0v) is 14.7. The van der Waals surface area contributed by atoms with E-state index in [-0.39, 0.29) is 0 Å². The highest BCUT2D eigenvalue weighted by atomic mass is 16.5. The zero-order chi connectivity index (χ0) is 18.1. The summed E-state index contributed by atoms with van der Waals surface area (Å²) in [5.74, 6) is -0.604. The van der Waals surface area contributed by atoms with Crippen LogP contribution in [0.15, 0.2) is 48.5 Å². The van der Waals surface area contributed by atoms with Crippen LogP contribution < -0.4 is 15.4 Å². The van der Waals surface area contributed by atoms with Crippen molar-refractivity contribution in [1.82, 2.24) is 5.32 Å². The molecule has 0 spiro atoms. The quantitative estimate of drug-likeness (QED) is 0.599. The van der Waals surface area contributed by atoms with Crippen LogP contribution in [0.3, 0.4) is 0 Å². The first kappa shape index (κ1) is 18.5. The highest BCUT2D eigenvalue weighted by Gasteiger charge is 2.13. The number of unbranched alkanes of at least 4 members (excludes halogenated alkanes) is 1. The largest absolute Gasteiger partial charge is 0.494 e. The van der Waals surface area contributed by atoms with Gasteiger partial charge in [-0.3, -0.25) is 9.59 Å². The van der Waals surface area contributed by atoms with Crippen molar-refractivity contribution < 1.29 is 14.3 Å². The number of carbonyl (C=O) groups is 2. The van der Waals surface area contributed by atoms with E-state index in [1.165, 1.54) is 0 Å². The third-order valence-corrected chi connectivity index (χ3v) is 3.62. The lowest BCUT2D eigenvalue weighted by Crippen LogP contribution is -2.34. The maximum atomic E-state index is 11.9. The summed E-state index contributed by atoms with van der Waals surface area (Å²) >= 11 is 0. The number of nitrogens with one attached hydrogen (secondary N) is 2. The topological polar surface area (TPSA) is 67.4 Å². The molecule has 0 aliphatic heterocycles. The molecule has 2 rings (SSSR count). The molecule has 0 atom stereocenters. The molecule has 0 heterocycles. The summed E-state index contributed by atoms with van der Waals surface area (Å²) in [6.07, 6.45) is 2.07. The summed E-state index contributed by atoms with van der Waals surface area (Å²) in [7, 11) is 0. The molecule has 2 amide bonds. The normalized spacial score (nSPS) is 10.2. The van der Waals surface area contributed by atoms with E-state index in [1.807, 2.05) is 31.2 Å². The number of amides is 2. The Hall–Kier alpha value is -2.82. The monoisotopic (exact) mass is 340 g/mol. The van der Waals surface area contributed by atoms with E-state index >= 15 is 0 Å². The van der Waals surface area contributed by atoms with Gasteiger partial charge >= 0.3 is 11.8 Å². The van der Waals surface area contributed by atoms with Crippen LogP contribution in [0.25, 0.3) is 0 Å². The fourth-order valence-corrected chi connectivity index (χ4v) is 2.24. The summed E-state index contributed by atoms with van der Waals surface area (Å²) in [5, 5.41) is 5.19. The van der Waals surface area contributed by atoms with Gasteiger partial charge in [-0.2, -0.15) is 0 Å². The summed E-state index contributed by atoms with van der Waals surface area (Å²) in [6.45, 7) is 5.07. The van der Waals surface area contributed by atoms with Gasteiger partial charge in [0.15, 0.2) is 0 Å². The molecule has 0 aliphatic carbocycles. The second kappa shape index (κ2) is 9.47. The van der Waals surface area contributed by atoms with E-state index in [1.54, 1.807) is 24.3 Å². The van der Waals surface area contributed by atoms with E-state index in [0.717, 1.165) is 29.7 Å². The molecule has 0 radical (unpaired) electrons. The summed E-state index contributed by atoms with van der Waals surface area (Å²) < 4.78 is 5.56. The first-order valence-corrected chi connectivity index (χ1v) is 8.46. The van der Waals surface area contributed by atoms with Gasteiger partial charge in [0.2, 0.25) is 0 Å². The van der Waals surface area contributed by atoms with Gasteiger partial charge in [0, 0.05) is 12.2 Å². The summed E-state index contributed by atoms with van der Waals surface area (Å²) in [4.78, 5) is 23.8. The van der Waals surface area contributed by atoms with Crippen molar-refractivity contribution in [2.45, 2.75) is 33.2 Å². The Morgan fingerprint density at radius 2 is 1.80 bits per heavy atom.